The van der Waals surface area contributed by atoms with Crippen molar-refractivity contribution in [2.24, 2.45) is 0 Å². The van der Waals surface area contributed by atoms with Crippen molar-refractivity contribution in [3.05, 3.63) is 40.6 Å². The van der Waals surface area contributed by atoms with Crippen molar-refractivity contribution in [3.8, 4) is 0 Å². The number of non-ortho nitro benzene ring substituents is 1. The van der Waals surface area contributed by atoms with Crippen molar-refractivity contribution < 1.29 is 14.6 Å². The maximum absolute atomic E-state index is 11.1. The third-order valence-electron chi connectivity index (χ3n) is 2.34. The molecule has 0 aliphatic heterocycles. The lowest BCUT2D eigenvalue weighted by molar-refractivity contribution is -0.384. The Labute approximate surface area is 96.5 Å². The van der Waals surface area contributed by atoms with Gasteiger partial charge in [-0.1, -0.05) is 6.92 Å². The molecule has 0 aliphatic rings. The highest BCUT2D eigenvalue weighted by Gasteiger charge is 2.10. The molecule has 1 aromatic heterocycles. The highest BCUT2D eigenvalue weighted by atomic mass is 16.7. The summed E-state index contributed by atoms with van der Waals surface area (Å²) in [6.07, 6.45) is 1.83. The lowest BCUT2D eigenvalue weighted by Crippen LogP contribution is -2.17. The zero-order chi connectivity index (χ0) is 12.4. The van der Waals surface area contributed by atoms with Crippen molar-refractivity contribution in [2.45, 2.75) is 13.3 Å². The quantitative estimate of drug-likeness (QED) is 0.600. The Balaban J connectivity index is 2.41. The molecule has 1 heterocycles. The lowest BCUT2D eigenvalue weighted by Gasteiger charge is -2.04. The predicted molar refractivity (Wildman–Crippen MR) is 60.5 cm³/mol. The Kier molecular flexibility index (Phi) is 2.78. The van der Waals surface area contributed by atoms with Gasteiger partial charge in [-0.2, -0.15) is 4.73 Å². The van der Waals surface area contributed by atoms with Gasteiger partial charge in [-0.25, -0.2) is 4.79 Å². The molecule has 2 rings (SSSR count). The largest absolute Gasteiger partial charge is 0.337 e. The minimum Gasteiger partial charge on any atom is -0.337 e. The normalized spacial score (nSPS) is 10.4. The summed E-state index contributed by atoms with van der Waals surface area (Å²) in [5.41, 5.74) is 0.634. The van der Waals surface area contributed by atoms with Gasteiger partial charge in [0.15, 0.2) is 0 Å². The van der Waals surface area contributed by atoms with Crippen LogP contribution in [0.1, 0.15) is 13.3 Å². The second-order valence-corrected chi connectivity index (χ2v) is 3.46. The van der Waals surface area contributed by atoms with Gasteiger partial charge in [0.1, 0.15) is 0 Å². The Hall–Kier alpha value is -2.37. The maximum Gasteiger partial charge on any atom is 0.332 e. The van der Waals surface area contributed by atoms with Crippen LogP contribution < -0.4 is 4.84 Å². The van der Waals surface area contributed by atoms with E-state index in [9.17, 15) is 14.9 Å². The van der Waals surface area contributed by atoms with Crippen LogP contribution in [0, 0.1) is 10.1 Å². The highest BCUT2D eigenvalue weighted by molar-refractivity contribution is 5.83. The van der Waals surface area contributed by atoms with E-state index in [4.69, 9.17) is 4.84 Å². The van der Waals surface area contributed by atoms with Gasteiger partial charge in [0.25, 0.3) is 5.69 Å². The summed E-state index contributed by atoms with van der Waals surface area (Å²) >= 11 is 0. The van der Waals surface area contributed by atoms with E-state index >= 15 is 0 Å². The zero-order valence-corrected chi connectivity index (χ0v) is 9.12. The van der Waals surface area contributed by atoms with E-state index in [0.29, 0.717) is 10.9 Å². The molecule has 0 N–H and O–H groups in total. The second kappa shape index (κ2) is 4.25. The van der Waals surface area contributed by atoms with Gasteiger partial charge in [0, 0.05) is 30.1 Å². The smallest absolute Gasteiger partial charge is 0.332 e. The number of aromatic nitrogens is 1. The molecule has 88 valence electrons. The minimum absolute atomic E-state index is 0.0112. The molecule has 0 bridgehead atoms. The number of carbonyl (C=O) groups is 1. The van der Waals surface area contributed by atoms with Crippen molar-refractivity contribution in [1.29, 1.82) is 0 Å². The van der Waals surface area contributed by atoms with Crippen LogP contribution in [0.4, 0.5) is 5.69 Å². The van der Waals surface area contributed by atoms with Crippen molar-refractivity contribution in [3.63, 3.8) is 0 Å². The zero-order valence-electron chi connectivity index (χ0n) is 9.12. The number of benzene rings is 1. The number of nitro groups is 1. The van der Waals surface area contributed by atoms with Crippen LogP contribution in [0.3, 0.4) is 0 Å². The predicted octanol–water partition coefficient (Wildman–Crippen LogP) is 1.91. The summed E-state index contributed by atoms with van der Waals surface area (Å²) in [5, 5.41) is 11.2. The summed E-state index contributed by atoms with van der Waals surface area (Å²) in [7, 11) is 0. The molecule has 6 heteroatoms. The number of fused-ring (bicyclic) bond motifs is 1. The third kappa shape index (κ3) is 2.10. The first-order chi connectivity index (χ1) is 8.11. The molecular weight excluding hydrogens is 224 g/mol. The van der Waals surface area contributed by atoms with Gasteiger partial charge in [-0.05, 0) is 12.1 Å². The Bertz CT molecular complexity index is 588. The second-order valence-electron chi connectivity index (χ2n) is 3.46. The topological polar surface area (TPSA) is 74.4 Å². The van der Waals surface area contributed by atoms with Crippen LogP contribution >= 0.6 is 0 Å². The molecule has 0 radical (unpaired) electrons. The van der Waals surface area contributed by atoms with Crippen molar-refractivity contribution in [2.75, 3.05) is 0 Å². The van der Waals surface area contributed by atoms with Crippen LogP contribution in [0.5, 0.6) is 0 Å². The Morgan fingerprint density at radius 1 is 1.47 bits per heavy atom. The standard InChI is InChI=1S/C11H10N2O4/c1-2-11(14)17-12-6-5-8-7-9(13(15)16)3-4-10(8)12/h3-7H,2H2,1H3. The monoisotopic (exact) mass is 234 g/mol. The molecule has 0 spiro atoms. The van der Waals surface area contributed by atoms with Crippen molar-refractivity contribution >= 4 is 22.6 Å². The SMILES string of the molecule is CCC(=O)On1ccc2cc([N+](=O)[O-])ccc21. The highest BCUT2D eigenvalue weighted by Crippen LogP contribution is 2.21. The van der Waals surface area contributed by atoms with E-state index in [2.05, 4.69) is 0 Å². The Morgan fingerprint density at radius 3 is 2.88 bits per heavy atom. The van der Waals surface area contributed by atoms with E-state index in [0.717, 1.165) is 0 Å². The van der Waals surface area contributed by atoms with Crippen LogP contribution in [-0.2, 0) is 4.79 Å². The summed E-state index contributed by atoms with van der Waals surface area (Å²) in [6, 6.07) is 6.02. The first-order valence-corrected chi connectivity index (χ1v) is 5.08. The molecular formula is C11H10N2O4. The fourth-order valence-electron chi connectivity index (χ4n) is 1.47. The number of hydrogen-bond donors (Lipinski definition) is 0. The first-order valence-electron chi connectivity index (χ1n) is 5.08. The molecule has 17 heavy (non-hydrogen) atoms. The molecule has 0 fully saturated rings. The molecule has 0 saturated carbocycles. The van der Waals surface area contributed by atoms with Gasteiger partial charge in [-0.15, -0.1) is 0 Å². The fraction of sp³-hybridized carbons (Fsp3) is 0.182. The molecule has 0 aliphatic carbocycles. The maximum atomic E-state index is 11.1. The summed E-state index contributed by atoms with van der Waals surface area (Å²) in [4.78, 5) is 26.3. The van der Waals surface area contributed by atoms with Crippen LogP contribution in [0.25, 0.3) is 10.9 Å². The van der Waals surface area contributed by atoms with E-state index in [-0.39, 0.29) is 18.1 Å². The minimum atomic E-state index is -0.463. The number of hydrogen-bond acceptors (Lipinski definition) is 4. The van der Waals surface area contributed by atoms with Gasteiger partial charge >= 0.3 is 5.97 Å². The first kappa shape index (κ1) is 11.1. The van der Waals surface area contributed by atoms with Gasteiger partial charge in [0.2, 0.25) is 0 Å². The number of rotatable bonds is 3. The van der Waals surface area contributed by atoms with E-state index < -0.39 is 4.92 Å². The molecule has 0 unspecified atom stereocenters. The molecule has 0 atom stereocenters. The van der Waals surface area contributed by atoms with Crippen molar-refractivity contribution in [1.82, 2.24) is 4.73 Å². The summed E-state index contributed by atoms with van der Waals surface area (Å²) in [5.74, 6) is -0.360. The van der Waals surface area contributed by atoms with Crippen LogP contribution in [-0.4, -0.2) is 15.6 Å². The van der Waals surface area contributed by atoms with Crippen LogP contribution in [0.15, 0.2) is 30.5 Å². The molecule has 0 saturated heterocycles. The Morgan fingerprint density at radius 2 is 2.24 bits per heavy atom. The average molecular weight is 234 g/mol. The number of nitro benzene ring substituents is 1. The van der Waals surface area contributed by atoms with E-state index in [1.165, 1.54) is 16.9 Å². The summed E-state index contributed by atoms with van der Waals surface area (Å²) < 4.78 is 1.31. The number of carbonyl (C=O) groups excluding carboxylic acids is 1. The van der Waals surface area contributed by atoms with Gasteiger partial charge in [0.05, 0.1) is 10.4 Å². The molecule has 1 aromatic carbocycles. The fourth-order valence-corrected chi connectivity index (χ4v) is 1.47. The van der Waals surface area contributed by atoms with Gasteiger partial charge in [-0.3, -0.25) is 10.1 Å². The average Bonchev–Trinajstić information content (AvgIpc) is 2.71. The number of nitrogens with zero attached hydrogens (tertiary/aromatic N) is 2. The molecule has 2 aromatic rings. The van der Waals surface area contributed by atoms with E-state index in [1.54, 1.807) is 25.3 Å². The van der Waals surface area contributed by atoms with Gasteiger partial charge < -0.3 is 4.84 Å². The molecule has 6 nitrogen and oxygen atoms in total. The van der Waals surface area contributed by atoms with E-state index in [1.807, 2.05) is 0 Å². The van der Waals surface area contributed by atoms with Crippen LogP contribution in [0.2, 0.25) is 0 Å². The lowest BCUT2D eigenvalue weighted by atomic mass is 10.2. The third-order valence-corrected chi connectivity index (χ3v) is 2.34. The molecule has 0 amide bonds. The summed E-state index contributed by atoms with van der Waals surface area (Å²) in [6.45, 7) is 1.69.